The first-order valence-electron chi connectivity index (χ1n) is 9.16. The molecule has 1 aromatic heterocycles. The zero-order valence-electron chi connectivity index (χ0n) is 15.6. The second-order valence-electron chi connectivity index (χ2n) is 7.23. The molecule has 0 spiro atoms. The summed E-state index contributed by atoms with van der Waals surface area (Å²) in [7, 11) is 0. The first kappa shape index (κ1) is 18.0. The van der Waals surface area contributed by atoms with Crippen LogP contribution in [-0.4, -0.2) is 21.4 Å². The van der Waals surface area contributed by atoms with Crippen LogP contribution in [0.2, 0.25) is 5.02 Å². The normalized spacial score (nSPS) is 14.2. The summed E-state index contributed by atoms with van der Waals surface area (Å²) in [6.45, 7) is 6.69. The van der Waals surface area contributed by atoms with Crippen molar-refractivity contribution < 1.29 is 0 Å². The summed E-state index contributed by atoms with van der Waals surface area (Å²) in [6, 6.07) is 14.0. The van der Waals surface area contributed by atoms with Crippen LogP contribution in [-0.2, 0) is 19.5 Å². The summed E-state index contributed by atoms with van der Waals surface area (Å²) < 4.78 is 0. The summed E-state index contributed by atoms with van der Waals surface area (Å²) in [6.07, 6.45) is 0.726. The monoisotopic (exact) mass is 379 g/mol. The van der Waals surface area contributed by atoms with E-state index in [-0.39, 0.29) is 5.56 Å². The van der Waals surface area contributed by atoms with Gasteiger partial charge in [-0.2, -0.15) is 0 Å². The highest BCUT2D eigenvalue weighted by atomic mass is 35.5. The van der Waals surface area contributed by atoms with Gasteiger partial charge in [-0.1, -0.05) is 29.8 Å². The van der Waals surface area contributed by atoms with Crippen molar-refractivity contribution in [3.8, 4) is 11.4 Å². The lowest BCUT2D eigenvalue weighted by Gasteiger charge is -2.28. The van der Waals surface area contributed by atoms with Crippen molar-refractivity contribution in [2.75, 3.05) is 6.54 Å². The highest BCUT2D eigenvalue weighted by Gasteiger charge is 2.21. The van der Waals surface area contributed by atoms with Gasteiger partial charge in [0.2, 0.25) is 0 Å². The highest BCUT2D eigenvalue weighted by Crippen LogP contribution is 2.22. The minimum atomic E-state index is -0.0317. The lowest BCUT2D eigenvalue weighted by atomic mass is 10.0. The quantitative estimate of drug-likeness (QED) is 0.739. The molecule has 0 saturated heterocycles. The number of hydrogen-bond acceptors (Lipinski definition) is 3. The number of aryl methyl sites for hydroxylation is 2. The van der Waals surface area contributed by atoms with E-state index in [4.69, 9.17) is 16.6 Å². The molecule has 0 fully saturated rings. The van der Waals surface area contributed by atoms with Crippen LogP contribution < -0.4 is 5.56 Å². The van der Waals surface area contributed by atoms with Crippen LogP contribution in [0, 0.1) is 13.8 Å². The number of aromatic nitrogens is 2. The molecule has 4 rings (SSSR count). The van der Waals surface area contributed by atoms with Gasteiger partial charge in [0.05, 0.1) is 5.69 Å². The van der Waals surface area contributed by atoms with E-state index in [9.17, 15) is 4.79 Å². The van der Waals surface area contributed by atoms with Gasteiger partial charge in [0.15, 0.2) is 0 Å². The number of halogens is 1. The number of H-pyrrole nitrogens is 1. The van der Waals surface area contributed by atoms with Crippen molar-refractivity contribution in [1.82, 2.24) is 14.9 Å². The highest BCUT2D eigenvalue weighted by molar-refractivity contribution is 6.30. The Morgan fingerprint density at radius 3 is 2.63 bits per heavy atom. The molecule has 0 saturated carbocycles. The number of rotatable bonds is 3. The predicted octanol–water partition coefficient (Wildman–Crippen LogP) is 4.27. The fraction of sp³-hybridized carbons (Fsp3) is 0.273. The van der Waals surface area contributed by atoms with Crippen LogP contribution in [0.3, 0.4) is 0 Å². The van der Waals surface area contributed by atoms with Gasteiger partial charge in [0.25, 0.3) is 5.56 Å². The van der Waals surface area contributed by atoms with Gasteiger partial charge in [0, 0.05) is 35.8 Å². The SMILES string of the molecule is Cc1ccc(CN2CCc3c(nc(-c4ccc(Cl)cc4)[nH]c3=O)C2)cc1C. The van der Waals surface area contributed by atoms with Gasteiger partial charge in [-0.05, 0) is 61.2 Å². The molecule has 0 radical (unpaired) electrons. The van der Waals surface area contributed by atoms with E-state index in [0.717, 1.165) is 36.3 Å². The molecule has 0 amide bonds. The summed E-state index contributed by atoms with van der Waals surface area (Å²) in [5.74, 6) is 0.600. The Labute approximate surface area is 163 Å². The molecule has 0 bridgehead atoms. The van der Waals surface area contributed by atoms with E-state index in [2.05, 4.69) is 41.9 Å². The summed E-state index contributed by atoms with van der Waals surface area (Å²) in [5.41, 5.74) is 6.43. The van der Waals surface area contributed by atoms with Crippen LogP contribution in [0.1, 0.15) is 27.9 Å². The van der Waals surface area contributed by atoms with Gasteiger partial charge in [-0.25, -0.2) is 4.98 Å². The van der Waals surface area contributed by atoms with Gasteiger partial charge in [-0.15, -0.1) is 0 Å². The number of hydrogen-bond donors (Lipinski definition) is 1. The Kier molecular flexibility index (Phi) is 4.85. The predicted molar refractivity (Wildman–Crippen MR) is 109 cm³/mol. The minimum absolute atomic E-state index is 0.0317. The number of nitrogens with one attached hydrogen (secondary N) is 1. The third kappa shape index (κ3) is 3.82. The summed E-state index contributed by atoms with van der Waals surface area (Å²) in [4.78, 5) is 22.6. The van der Waals surface area contributed by atoms with E-state index < -0.39 is 0 Å². The Hall–Kier alpha value is -2.43. The number of nitrogens with zero attached hydrogens (tertiary/aromatic N) is 2. The smallest absolute Gasteiger partial charge is 0.254 e. The Morgan fingerprint density at radius 2 is 1.89 bits per heavy atom. The van der Waals surface area contributed by atoms with Gasteiger partial charge in [0.1, 0.15) is 5.82 Å². The fourth-order valence-electron chi connectivity index (χ4n) is 3.53. The average molecular weight is 380 g/mol. The first-order valence-corrected chi connectivity index (χ1v) is 9.54. The minimum Gasteiger partial charge on any atom is -0.306 e. The zero-order chi connectivity index (χ0) is 19.0. The number of benzene rings is 2. The van der Waals surface area contributed by atoms with Crippen LogP contribution in [0.25, 0.3) is 11.4 Å². The molecule has 2 heterocycles. The molecule has 1 aliphatic rings. The maximum Gasteiger partial charge on any atom is 0.254 e. The molecular weight excluding hydrogens is 358 g/mol. The Bertz CT molecular complexity index is 1040. The van der Waals surface area contributed by atoms with Crippen LogP contribution in [0.5, 0.6) is 0 Å². The van der Waals surface area contributed by atoms with Crippen LogP contribution in [0.15, 0.2) is 47.3 Å². The Balaban J connectivity index is 1.60. The third-order valence-electron chi connectivity index (χ3n) is 5.25. The standard InChI is InChI=1S/C22H22ClN3O/c1-14-3-4-16(11-15(14)2)12-26-10-9-19-20(13-26)24-21(25-22(19)27)17-5-7-18(23)8-6-17/h3-8,11H,9-10,12-13H2,1-2H3,(H,24,25,27). The fourth-order valence-corrected chi connectivity index (χ4v) is 3.66. The first-order chi connectivity index (χ1) is 13.0. The van der Waals surface area contributed by atoms with Crippen LogP contribution in [0.4, 0.5) is 0 Å². The molecule has 0 aliphatic carbocycles. The molecule has 138 valence electrons. The van der Waals surface area contributed by atoms with Crippen molar-refractivity contribution in [2.24, 2.45) is 0 Å². The largest absolute Gasteiger partial charge is 0.306 e. The summed E-state index contributed by atoms with van der Waals surface area (Å²) in [5, 5.41) is 0.665. The van der Waals surface area contributed by atoms with E-state index in [1.165, 1.54) is 16.7 Å². The molecule has 0 atom stereocenters. The molecular formula is C22H22ClN3O. The molecule has 1 N–H and O–H groups in total. The van der Waals surface area contributed by atoms with Gasteiger partial charge in [-0.3, -0.25) is 9.69 Å². The van der Waals surface area contributed by atoms with E-state index in [1.54, 1.807) is 0 Å². The van der Waals surface area contributed by atoms with Crippen molar-refractivity contribution in [2.45, 2.75) is 33.4 Å². The Morgan fingerprint density at radius 1 is 1.11 bits per heavy atom. The van der Waals surface area contributed by atoms with E-state index in [0.29, 0.717) is 17.4 Å². The molecule has 3 aromatic rings. The van der Waals surface area contributed by atoms with Gasteiger partial charge >= 0.3 is 0 Å². The van der Waals surface area contributed by atoms with E-state index in [1.807, 2.05) is 24.3 Å². The van der Waals surface area contributed by atoms with Crippen molar-refractivity contribution in [3.63, 3.8) is 0 Å². The lowest BCUT2D eigenvalue weighted by molar-refractivity contribution is 0.240. The molecule has 27 heavy (non-hydrogen) atoms. The molecule has 1 aliphatic heterocycles. The van der Waals surface area contributed by atoms with E-state index >= 15 is 0 Å². The second-order valence-corrected chi connectivity index (χ2v) is 7.66. The lowest BCUT2D eigenvalue weighted by Crippen LogP contribution is -2.35. The van der Waals surface area contributed by atoms with Crippen molar-refractivity contribution in [1.29, 1.82) is 0 Å². The molecule has 5 heteroatoms. The summed E-state index contributed by atoms with van der Waals surface area (Å²) >= 11 is 5.96. The number of fused-ring (bicyclic) bond motifs is 1. The van der Waals surface area contributed by atoms with Crippen LogP contribution >= 0.6 is 11.6 Å². The topological polar surface area (TPSA) is 49.0 Å². The number of aromatic amines is 1. The third-order valence-corrected chi connectivity index (χ3v) is 5.50. The molecule has 0 unspecified atom stereocenters. The van der Waals surface area contributed by atoms with Crippen molar-refractivity contribution >= 4 is 11.6 Å². The zero-order valence-corrected chi connectivity index (χ0v) is 16.3. The maximum atomic E-state index is 12.5. The average Bonchev–Trinajstić information content (AvgIpc) is 2.65. The molecule has 4 nitrogen and oxygen atoms in total. The molecule has 2 aromatic carbocycles. The maximum absolute atomic E-state index is 12.5. The van der Waals surface area contributed by atoms with Gasteiger partial charge < -0.3 is 4.98 Å². The second kappa shape index (κ2) is 7.29. The van der Waals surface area contributed by atoms with Crippen molar-refractivity contribution in [3.05, 3.63) is 85.8 Å².